The maximum atomic E-state index is 12.1. The molecule has 7 heteroatoms. The van der Waals surface area contributed by atoms with Gasteiger partial charge in [-0.25, -0.2) is 4.98 Å². The molecule has 1 aromatic carbocycles. The molecule has 3 rings (SSSR count). The number of aromatic nitrogens is 2. The van der Waals surface area contributed by atoms with Crippen LogP contribution in [0.25, 0.3) is 0 Å². The van der Waals surface area contributed by atoms with E-state index in [4.69, 9.17) is 0 Å². The van der Waals surface area contributed by atoms with E-state index >= 15 is 0 Å². The summed E-state index contributed by atoms with van der Waals surface area (Å²) in [6, 6.07) is 11.1. The molecular formula is C16H12BrN3O2S. The highest BCUT2D eigenvalue weighted by Crippen LogP contribution is 2.22. The van der Waals surface area contributed by atoms with Crippen molar-refractivity contribution in [2.45, 2.75) is 6.42 Å². The molecule has 0 aliphatic heterocycles. The second kappa shape index (κ2) is 6.89. The number of nitrogens with one attached hydrogen (secondary N) is 2. The third-order valence-electron chi connectivity index (χ3n) is 3.13. The number of hydrogen-bond acceptors (Lipinski definition) is 4. The number of nitrogens with zero attached hydrogens (tertiary/aromatic N) is 1. The molecule has 1 amide bonds. The second-order valence-corrected chi connectivity index (χ2v) is 6.83. The Labute approximate surface area is 144 Å². The molecule has 0 saturated carbocycles. The molecule has 0 saturated heterocycles. The summed E-state index contributed by atoms with van der Waals surface area (Å²) in [4.78, 5) is 31.4. The SMILES string of the molecule is O=C(Nc1ncc(Cc2ccc(Br)cc2)s1)c1ccc[nH]c1=O. The summed E-state index contributed by atoms with van der Waals surface area (Å²) in [5, 5.41) is 3.13. The van der Waals surface area contributed by atoms with E-state index in [-0.39, 0.29) is 5.56 Å². The molecule has 2 aromatic heterocycles. The molecule has 0 radical (unpaired) electrons. The maximum Gasteiger partial charge on any atom is 0.263 e. The number of anilines is 1. The number of halogens is 1. The van der Waals surface area contributed by atoms with Crippen LogP contribution in [0.1, 0.15) is 20.8 Å². The first kappa shape index (κ1) is 15.6. The van der Waals surface area contributed by atoms with Crippen molar-refractivity contribution in [3.05, 3.63) is 79.6 Å². The maximum absolute atomic E-state index is 12.1. The van der Waals surface area contributed by atoms with Gasteiger partial charge in [0.05, 0.1) is 0 Å². The first-order chi connectivity index (χ1) is 11.1. The van der Waals surface area contributed by atoms with Gasteiger partial charge in [-0.3, -0.25) is 14.9 Å². The molecule has 2 N–H and O–H groups in total. The van der Waals surface area contributed by atoms with Crippen LogP contribution in [0.15, 0.2) is 58.1 Å². The van der Waals surface area contributed by atoms with E-state index in [1.54, 1.807) is 12.3 Å². The lowest BCUT2D eigenvalue weighted by atomic mass is 10.1. The molecule has 3 aromatic rings. The number of rotatable bonds is 4. The Balaban J connectivity index is 1.70. The van der Waals surface area contributed by atoms with Gasteiger partial charge >= 0.3 is 0 Å². The van der Waals surface area contributed by atoms with Gasteiger partial charge in [0, 0.05) is 28.2 Å². The zero-order chi connectivity index (χ0) is 16.2. The van der Waals surface area contributed by atoms with Crippen LogP contribution in [0.5, 0.6) is 0 Å². The van der Waals surface area contributed by atoms with E-state index in [0.29, 0.717) is 5.13 Å². The van der Waals surface area contributed by atoms with E-state index in [2.05, 4.69) is 31.2 Å². The summed E-state index contributed by atoms with van der Waals surface area (Å²) in [7, 11) is 0. The van der Waals surface area contributed by atoms with E-state index in [9.17, 15) is 9.59 Å². The Kier molecular flexibility index (Phi) is 4.68. The van der Waals surface area contributed by atoms with Crippen LogP contribution in [0.3, 0.4) is 0 Å². The minimum absolute atomic E-state index is 0.0668. The predicted octanol–water partition coefficient (Wildman–Crippen LogP) is 3.44. The van der Waals surface area contributed by atoms with Crippen molar-refractivity contribution in [3.8, 4) is 0 Å². The fraction of sp³-hybridized carbons (Fsp3) is 0.0625. The van der Waals surface area contributed by atoms with E-state index < -0.39 is 11.5 Å². The number of carbonyl (C=O) groups excluding carboxylic acids is 1. The van der Waals surface area contributed by atoms with Crippen molar-refractivity contribution in [2.75, 3.05) is 5.32 Å². The quantitative estimate of drug-likeness (QED) is 0.717. The van der Waals surface area contributed by atoms with Crippen LogP contribution in [-0.2, 0) is 6.42 Å². The van der Waals surface area contributed by atoms with Crippen molar-refractivity contribution in [2.24, 2.45) is 0 Å². The summed E-state index contributed by atoms with van der Waals surface area (Å²) in [5.74, 6) is -0.462. The summed E-state index contributed by atoms with van der Waals surface area (Å²) in [6.45, 7) is 0. The summed E-state index contributed by atoms with van der Waals surface area (Å²) < 4.78 is 1.03. The Morgan fingerprint density at radius 3 is 2.78 bits per heavy atom. The highest BCUT2D eigenvalue weighted by atomic mass is 79.9. The van der Waals surface area contributed by atoms with E-state index in [1.165, 1.54) is 23.6 Å². The number of H-pyrrole nitrogens is 1. The van der Waals surface area contributed by atoms with Crippen molar-refractivity contribution < 1.29 is 4.79 Å². The van der Waals surface area contributed by atoms with E-state index in [1.807, 2.05) is 24.3 Å². The first-order valence-corrected chi connectivity index (χ1v) is 8.41. The highest BCUT2D eigenvalue weighted by molar-refractivity contribution is 9.10. The van der Waals surface area contributed by atoms with Crippen LogP contribution < -0.4 is 10.9 Å². The van der Waals surface area contributed by atoms with Gasteiger partial charge < -0.3 is 4.98 Å². The molecule has 116 valence electrons. The summed E-state index contributed by atoms with van der Waals surface area (Å²) in [6.07, 6.45) is 3.96. The standard InChI is InChI=1S/C16H12BrN3O2S/c17-11-5-3-10(4-6-11)8-12-9-19-16(23-12)20-15(22)13-2-1-7-18-14(13)21/h1-7,9H,8H2,(H,18,21)(H,19,20,22). The van der Waals surface area contributed by atoms with Gasteiger partial charge in [0.1, 0.15) is 5.56 Å². The van der Waals surface area contributed by atoms with Crippen molar-refractivity contribution in [1.29, 1.82) is 0 Å². The molecule has 2 heterocycles. The van der Waals surface area contributed by atoms with Crippen molar-refractivity contribution in [1.82, 2.24) is 9.97 Å². The van der Waals surface area contributed by atoms with Crippen LogP contribution >= 0.6 is 27.3 Å². The van der Waals surface area contributed by atoms with Crippen LogP contribution in [0.4, 0.5) is 5.13 Å². The van der Waals surface area contributed by atoms with Crippen LogP contribution in [0, 0.1) is 0 Å². The van der Waals surface area contributed by atoms with Crippen LogP contribution in [0.2, 0.25) is 0 Å². The molecule has 0 fully saturated rings. The molecule has 0 aliphatic carbocycles. The topological polar surface area (TPSA) is 74.8 Å². The third-order valence-corrected chi connectivity index (χ3v) is 4.57. The minimum atomic E-state index is -0.462. The van der Waals surface area contributed by atoms with Crippen molar-refractivity contribution in [3.63, 3.8) is 0 Å². The number of amides is 1. The number of carbonyl (C=O) groups is 1. The first-order valence-electron chi connectivity index (χ1n) is 6.80. The molecule has 5 nitrogen and oxygen atoms in total. The van der Waals surface area contributed by atoms with Crippen LogP contribution in [-0.4, -0.2) is 15.9 Å². The largest absolute Gasteiger partial charge is 0.328 e. The average Bonchev–Trinajstić information content (AvgIpc) is 2.97. The number of aromatic amines is 1. The zero-order valence-electron chi connectivity index (χ0n) is 11.9. The smallest absolute Gasteiger partial charge is 0.263 e. The Bertz CT molecular complexity index is 887. The Hall–Kier alpha value is -2.25. The molecule has 0 atom stereocenters. The summed E-state index contributed by atoms with van der Waals surface area (Å²) >= 11 is 4.80. The molecular weight excluding hydrogens is 378 g/mol. The van der Waals surface area contributed by atoms with Gasteiger partial charge in [-0.2, -0.15) is 0 Å². The van der Waals surface area contributed by atoms with Gasteiger partial charge in [-0.15, -0.1) is 11.3 Å². The lowest BCUT2D eigenvalue weighted by Crippen LogP contribution is -2.22. The normalized spacial score (nSPS) is 10.5. The molecule has 0 bridgehead atoms. The fourth-order valence-electron chi connectivity index (χ4n) is 2.02. The highest BCUT2D eigenvalue weighted by Gasteiger charge is 2.12. The number of hydrogen-bond donors (Lipinski definition) is 2. The van der Waals surface area contributed by atoms with Gasteiger partial charge in [-0.05, 0) is 29.8 Å². The average molecular weight is 390 g/mol. The number of benzene rings is 1. The number of pyridine rings is 1. The Morgan fingerprint density at radius 1 is 1.26 bits per heavy atom. The Morgan fingerprint density at radius 2 is 2.04 bits per heavy atom. The third kappa shape index (κ3) is 3.94. The van der Waals surface area contributed by atoms with Crippen molar-refractivity contribution >= 4 is 38.3 Å². The van der Waals surface area contributed by atoms with Gasteiger partial charge in [0.15, 0.2) is 5.13 Å². The molecule has 23 heavy (non-hydrogen) atoms. The molecule has 0 aliphatic rings. The number of thiazole rings is 1. The van der Waals surface area contributed by atoms with E-state index in [0.717, 1.165) is 21.3 Å². The van der Waals surface area contributed by atoms with Gasteiger partial charge in [0.25, 0.3) is 11.5 Å². The predicted molar refractivity (Wildman–Crippen MR) is 94.1 cm³/mol. The second-order valence-electron chi connectivity index (χ2n) is 4.80. The fourth-order valence-corrected chi connectivity index (χ4v) is 3.12. The minimum Gasteiger partial charge on any atom is -0.328 e. The monoisotopic (exact) mass is 389 g/mol. The zero-order valence-corrected chi connectivity index (χ0v) is 14.3. The lowest BCUT2D eigenvalue weighted by molar-refractivity contribution is 0.102. The molecule has 0 unspecified atom stereocenters. The lowest BCUT2D eigenvalue weighted by Gasteiger charge is -2.00. The van der Waals surface area contributed by atoms with Gasteiger partial charge in [0.2, 0.25) is 0 Å². The molecule has 0 spiro atoms. The van der Waals surface area contributed by atoms with Gasteiger partial charge in [-0.1, -0.05) is 28.1 Å². The summed E-state index contributed by atoms with van der Waals surface area (Å²) in [5.41, 5.74) is 0.808.